The average Bonchev–Trinajstić information content (AvgIpc) is 2.51. The topological polar surface area (TPSA) is 70.6 Å². The molecule has 5 nitrogen and oxygen atoms in total. The van der Waals surface area contributed by atoms with Crippen molar-refractivity contribution < 1.29 is 14.0 Å². The number of carbonyl (C=O) groups excluding carboxylic acids is 2. The molecule has 0 aromatic heterocycles. The first kappa shape index (κ1) is 17.1. The summed E-state index contributed by atoms with van der Waals surface area (Å²) in [5.41, 5.74) is 3.04. The van der Waals surface area contributed by atoms with Crippen molar-refractivity contribution in [2.75, 3.05) is 5.32 Å². The fraction of sp³-hybridized carbons (Fsp3) is 0. The third-order valence-electron chi connectivity index (χ3n) is 2.61. The molecular weight excluding hydrogens is 389 g/mol. The van der Waals surface area contributed by atoms with E-state index in [1.807, 2.05) is 6.07 Å². The van der Waals surface area contributed by atoms with Crippen LogP contribution in [0.2, 0.25) is 5.02 Å². The maximum atomic E-state index is 13.0. The van der Waals surface area contributed by atoms with Crippen LogP contribution in [-0.4, -0.2) is 18.0 Å². The third-order valence-corrected chi connectivity index (χ3v) is 3.39. The number of rotatable bonds is 3. The van der Waals surface area contributed by atoms with E-state index in [4.69, 9.17) is 11.6 Å². The third kappa shape index (κ3) is 5.15. The fourth-order valence-corrected chi connectivity index (χ4v) is 2.16. The van der Waals surface area contributed by atoms with Crippen LogP contribution in [-0.2, 0) is 9.59 Å². The van der Waals surface area contributed by atoms with E-state index in [1.165, 1.54) is 18.3 Å². The summed E-state index contributed by atoms with van der Waals surface area (Å²) in [6.07, 6.45) is 1.39. The minimum Gasteiger partial charge on any atom is -0.318 e. The van der Waals surface area contributed by atoms with Crippen LogP contribution in [0.4, 0.5) is 10.1 Å². The lowest BCUT2D eigenvalue weighted by atomic mass is 10.2. The molecule has 0 radical (unpaired) electrons. The Balaban J connectivity index is 1.92. The molecular formula is C15H10BrClFN3O2. The SMILES string of the molecule is O=C(N/N=C/c1cccc(Br)c1)C(=O)Nc1ccc(F)c(Cl)c1. The molecule has 0 bridgehead atoms. The summed E-state index contributed by atoms with van der Waals surface area (Å²) in [4.78, 5) is 23.3. The van der Waals surface area contributed by atoms with Gasteiger partial charge in [0.25, 0.3) is 0 Å². The summed E-state index contributed by atoms with van der Waals surface area (Å²) in [6, 6.07) is 10.8. The maximum Gasteiger partial charge on any atom is 0.329 e. The van der Waals surface area contributed by atoms with Crippen molar-refractivity contribution in [1.29, 1.82) is 0 Å². The van der Waals surface area contributed by atoms with Crippen LogP contribution in [0, 0.1) is 5.82 Å². The monoisotopic (exact) mass is 397 g/mol. The molecule has 0 spiro atoms. The van der Waals surface area contributed by atoms with Crippen LogP contribution >= 0.6 is 27.5 Å². The van der Waals surface area contributed by atoms with Crippen LogP contribution in [0.1, 0.15) is 5.56 Å². The Labute approximate surface area is 144 Å². The quantitative estimate of drug-likeness (QED) is 0.473. The molecule has 0 saturated carbocycles. The smallest absolute Gasteiger partial charge is 0.318 e. The summed E-state index contributed by atoms with van der Waals surface area (Å²) in [5, 5.41) is 5.81. The molecule has 0 aliphatic carbocycles. The van der Waals surface area contributed by atoms with E-state index in [0.29, 0.717) is 0 Å². The molecule has 0 atom stereocenters. The van der Waals surface area contributed by atoms with Crippen molar-refractivity contribution in [2.24, 2.45) is 5.10 Å². The van der Waals surface area contributed by atoms with Crippen LogP contribution in [0.25, 0.3) is 0 Å². The Morgan fingerprint density at radius 2 is 1.96 bits per heavy atom. The number of halogens is 3. The lowest BCUT2D eigenvalue weighted by Gasteiger charge is -2.04. The van der Waals surface area contributed by atoms with Gasteiger partial charge in [0.15, 0.2) is 0 Å². The van der Waals surface area contributed by atoms with Gasteiger partial charge >= 0.3 is 11.8 Å². The second-order valence-electron chi connectivity index (χ2n) is 4.34. The summed E-state index contributed by atoms with van der Waals surface area (Å²) < 4.78 is 13.9. The first-order valence-corrected chi connectivity index (χ1v) is 7.48. The highest BCUT2D eigenvalue weighted by atomic mass is 79.9. The standard InChI is InChI=1S/C15H10BrClFN3O2/c16-10-3-1-2-9(6-10)8-19-21-15(23)14(22)20-11-4-5-13(18)12(17)7-11/h1-8H,(H,20,22)(H,21,23)/b19-8+. The van der Waals surface area contributed by atoms with Crippen LogP contribution in [0.15, 0.2) is 52.0 Å². The number of carbonyl (C=O) groups is 2. The summed E-state index contributed by atoms with van der Waals surface area (Å²) in [6.45, 7) is 0. The van der Waals surface area contributed by atoms with Crippen LogP contribution in [0.3, 0.4) is 0 Å². The molecule has 2 rings (SSSR count). The molecule has 0 aliphatic heterocycles. The maximum absolute atomic E-state index is 13.0. The number of nitrogens with zero attached hydrogens (tertiary/aromatic N) is 1. The Morgan fingerprint density at radius 3 is 2.65 bits per heavy atom. The van der Waals surface area contributed by atoms with E-state index < -0.39 is 17.6 Å². The molecule has 0 saturated heterocycles. The molecule has 0 heterocycles. The van der Waals surface area contributed by atoms with E-state index >= 15 is 0 Å². The van der Waals surface area contributed by atoms with Crippen molar-refractivity contribution in [3.05, 3.63) is 63.3 Å². The molecule has 2 amide bonds. The number of anilines is 1. The minimum atomic E-state index is -0.961. The molecule has 0 fully saturated rings. The minimum absolute atomic E-state index is 0.157. The fourth-order valence-electron chi connectivity index (χ4n) is 1.56. The lowest BCUT2D eigenvalue weighted by Crippen LogP contribution is -2.32. The van der Waals surface area contributed by atoms with Gasteiger partial charge in [0.1, 0.15) is 5.82 Å². The number of benzene rings is 2. The first-order chi connectivity index (χ1) is 11.0. The van der Waals surface area contributed by atoms with Gasteiger partial charge in [0, 0.05) is 10.2 Å². The van der Waals surface area contributed by atoms with Gasteiger partial charge in [-0.1, -0.05) is 39.7 Å². The van der Waals surface area contributed by atoms with E-state index in [2.05, 4.69) is 31.8 Å². The van der Waals surface area contributed by atoms with E-state index in [-0.39, 0.29) is 10.7 Å². The van der Waals surface area contributed by atoms with E-state index in [1.54, 1.807) is 18.2 Å². The second-order valence-corrected chi connectivity index (χ2v) is 5.66. The number of nitrogens with one attached hydrogen (secondary N) is 2. The lowest BCUT2D eigenvalue weighted by molar-refractivity contribution is -0.136. The Hall–Kier alpha value is -2.25. The van der Waals surface area contributed by atoms with Gasteiger partial charge in [-0.25, -0.2) is 9.82 Å². The van der Waals surface area contributed by atoms with E-state index in [0.717, 1.165) is 16.1 Å². The summed E-state index contributed by atoms with van der Waals surface area (Å²) >= 11 is 8.89. The van der Waals surface area contributed by atoms with Crippen molar-refractivity contribution >= 4 is 51.2 Å². The van der Waals surface area contributed by atoms with Crippen LogP contribution in [0.5, 0.6) is 0 Å². The molecule has 2 aromatic carbocycles. The highest BCUT2D eigenvalue weighted by Crippen LogP contribution is 2.19. The van der Waals surface area contributed by atoms with Gasteiger partial charge in [-0.05, 0) is 35.9 Å². The zero-order valence-corrected chi connectivity index (χ0v) is 13.9. The van der Waals surface area contributed by atoms with Gasteiger partial charge < -0.3 is 5.32 Å². The number of hydrazone groups is 1. The number of hydrogen-bond acceptors (Lipinski definition) is 3. The highest BCUT2D eigenvalue weighted by molar-refractivity contribution is 9.10. The Bertz CT molecular complexity index is 783. The highest BCUT2D eigenvalue weighted by Gasteiger charge is 2.13. The van der Waals surface area contributed by atoms with Gasteiger partial charge in [-0.2, -0.15) is 5.10 Å². The van der Waals surface area contributed by atoms with Gasteiger partial charge in [-0.3, -0.25) is 9.59 Å². The predicted molar refractivity (Wildman–Crippen MR) is 89.9 cm³/mol. The molecule has 0 unspecified atom stereocenters. The van der Waals surface area contributed by atoms with E-state index in [9.17, 15) is 14.0 Å². The van der Waals surface area contributed by atoms with Crippen molar-refractivity contribution in [1.82, 2.24) is 5.43 Å². The number of hydrogen-bond donors (Lipinski definition) is 2. The zero-order chi connectivity index (χ0) is 16.8. The predicted octanol–water partition coefficient (Wildman–Crippen LogP) is 3.33. The van der Waals surface area contributed by atoms with Gasteiger partial charge in [0.05, 0.1) is 11.2 Å². The molecule has 118 valence electrons. The molecule has 2 N–H and O–H groups in total. The molecule has 0 aliphatic rings. The van der Waals surface area contributed by atoms with Crippen molar-refractivity contribution in [3.8, 4) is 0 Å². The van der Waals surface area contributed by atoms with Crippen LogP contribution < -0.4 is 10.7 Å². The van der Waals surface area contributed by atoms with Crippen molar-refractivity contribution in [2.45, 2.75) is 0 Å². The summed E-state index contributed by atoms with van der Waals surface area (Å²) in [7, 11) is 0. The number of amides is 2. The normalized spacial score (nSPS) is 10.6. The van der Waals surface area contributed by atoms with Crippen molar-refractivity contribution in [3.63, 3.8) is 0 Å². The zero-order valence-electron chi connectivity index (χ0n) is 11.5. The molecule has 23 heavy (non-hydrogen) atoms. The molecule has 8 heteroatoms. The van der Waals surface area contributed by atoms with Gasteiger partial charge in [0.2, 0.25) is 0 Å². The average molecular weight is 399 g/mol. The Kier molecular flexibility index (Phi) is 5.84. The second kappa shape index (κ2) is 7.85. The Morgan fingerprint density at radius 1 is 1.17 bits per heavy atom. The van der Waals surface area contributed by atoms with Gasteiger partial charge in [-0.15, -0.1) is 0 Å². The molecule has 2 aromatic rings. The first-order valence-electron chi connectivity index (χ1n) is 6.31. The summed E-state index contributed by atoms with van der Waals surface area (Å²) in [5.74, 6) is -2.52. The largest absolute Gasteiger partial charge is 0.329 e.